The highest BCUT2D eigenvalue weighted by Crippen LogP contribution is 2.56. The Bertz CT molecular complexity index is 1630. The van der Waals surface area contributed by atoms with Crippen LogP contribution in [0.4, 0.5) is 9.59 Å². The molecule has 0 amide bonds. The van der Waals surface area contributed by atoms with Gasteiger partial charge in [0, 0.05) is 0 Å². The van der Waals surface area contributed by atoms with E-state index in [0.717, 1.165) is 0 Å². The Morgan fingerprint density at radius 1 is 0.472 bits per heavy atom. The molecule has 0 aliphatic rings. The van der Waals surface area contributed by atoms with Gasteiger partial charge in [0.2, 0.25) is 6.16 Å². The molecule has 6 rings (SSSR count). The van der Waals surface area contributed by atoms with E-state index in [1.54, 1.807) is 0 Å². The molecule has 0 saturated carbocycles. The van der Waals surface area contributed by atoms with E-state index in [0.29, 0.717) is 0 Å². The van der Waals surface area contributed by atoms with Gasteiger partial charge in [-0.05, 0) is 73.1 Å². The monoisotopic (exact) mass is 746 g/mol. The molecular formula is C45H48O6P2. The molecule has 0 atom stereocenters. The average molecular weight is 747 g/mol. The first-order chi connectivity index (χ1) is 25.8. The second-order valence-electron chi connectivity index (χ2n) is 11.8. The quantitative estimate of drug-likeness (QED) is 0.0854. The Morgan fingerprint density at radius 2 is 0.717 bits per heavy atom. The third-order valence-corrected chi connectivity index (χ3v) is 15.2. The van der Waals surface area contributed by atoms with Crippen molar-refractivity contribution in [2.24, 2.45) is 0 Å². The number of benzene rings is 6. The van der Waals surface area contributed by atoms with Crippen LogP contribution in [0.15, 0.2) is 182 Å². The fourth-order valence-corrected chi connectivity index (χ4v) is 12.7. The summed E-state index contributed by atoms with van der Waals surface area (Å²) < 4.78 is 0. The first-order valence-electron chi connectivity index (χ1n) is 17.6. The summed E-state index contributed by atoms with van der Waals surface area (Å²) in [5.41, 5.74) is 0. The van der Waals surface area contributed by atoms with Gasteiger partial charge in [0.1, 0.15) is 23.2 Å². The van der Waals surface area contributed by atoms with Crippen molar-refractivity contribution >= 4 is 59.3 Å². The van der Waals surface area contributed by atoms with Crippen LogP contribution in [-0.4, -0.2) is 33.8 Å². The van der Waals surface area contributed by atoms with Gasteiger partial charge in [0.15, 0.2) is 0 Å². The lowest BCUT2D eigenvalue weighted by Gasteiger charge is -2.27. The zero-order chi connectivity index (χ0) is 38.2. The second-order valence-corrected chi connectivity index (χ2v) is 17.7. The lowest BCUT2D eigenvalue weighted by Crippen LogP contribution is -2.33. The van der Waals surface area contributed by atoms with E-state index >= 15 is 0 Å². The predicted molar refractivity (Wildman–Crippen MR) is 223 cm³/mol. The summed E-state index contributed by atoms with van der Waals surface area (Å²) in [6.45, 7) is 2.29. The van der Waals surface area contributed by atoms with Crippen LogP contribution < -0.4 is 36.9 Å². The van der Waals surface area contributed by atoms with Crippen LogP contribution in [0, 0.1) is 0 Å². The number of carbonyl (C=O) groups is 2. The Labute approximate surface area is 315 Å². The van der Waals surface area contributed by atoms with Gasteiger partial charge in [-0.15, -0.1) is 0 Å². The maximum absolute atomic E-state index is 8.56. The molecule has 8 heteroatoms. The summed E-state index contributed by atoms with van der Waals surface area (Å²) in [6, 6.07) is 66.0. The molecule has 6 aromatic rings. The van der Waals surface area contributed by atoms with E-state index in [2.05, 4.69) is 189 Å². The summed E-state index contributed by atoms with van der Waals surface area (Å²) in [5.74, 6) is 0. The number of hydrogen-bond donors (Lipinski definition) is 3. The van der Waals surface area contributed by atoms with E-state index in [1.807, 2.05) is 0 Å². The van der Waals surface area contributed by atoms with Crippen molar-refractivity contribution in [1.29, 1.82) is 0 Å². The third-order valence-electron chi connectivity index (χ3n) is 8.23. The number of unbranched alkanes of at least 4 members (excludes halogenated alkanes) is 4. The number of carboxylic acid groups (broad SMARTS) is 4. The Kier molecular flexibility index (Phi) is 19.1. The molecule has 0 aromatic heterocycles. The summed E-state index contributed by atoms with van der Waals surface area (Å²) in [6.07, 6.45) is 3.99. The summed E-state index contributed by atoms with van der Waals surface area (Å²) >= 11 is 0. The standard InChI is InChI=1S/C25H30P.C18H15P.2CH2O3/c1-2-3-4-5-15-22-26(23-16-9-6-10-17-23,24-18-11-7-12-19-24)25-20-13-8-14-21-25;1-4-10-16(11-5-1)19(17-12-6-2-7-13-17)18-14-8-3-9-15-18;2*2-1(3)4/h6-14,16-21H,2-5,15,22H2,1H3;1-15H;2*(H2,2,3,4)/q+1;;;/p-1. The average Bonchev–Trinajstić information content (AvgIpc) is 3.19. The van der Waals surface area contributed by atoms with Gasteiger partial charge in [-0.2, -0.15) is 0 Å². The van der Waals surface area contributed by atoms with E-state index in [-0.39, 0.29) is 0 Å². The molecule has 0 bridgehead atoms. The minimum absolute atomic E-state index is 0.446. The van der Waals surface area contributed by atoms with Crippen LogP contribution in [0.5, 0.6) is 0 Å². The Balaban J connectivity index is 0.000000244. The topological polar surface area (TPSA) is 118 Å². The van der Waals surface area contributed by atoms with Crippen molar-refractivity contribution in [2.45, 2.75) is 39.0 Å². The number of rotatable bonds is 12. The molecule has 0 saturated heterocycles. The van der Waals surface area contributed by atoms with Crippen LogP contribution in [-0.2, 0) is 0 Å². The summed E-state index contributed by atoms with van der Waals surface area (Å²) in [7, 11) is -2.05. The molecule has 0 aliphatic heterocycles. The van der Waals surface area contributed by atoms with Crippen molar-refractivity contribution in [3.8, 4) is 0 Å². The van der Waals surface area contributed by atoms with Gasteiger partial charge in [-0.1, -0.05) is 172 Å². The molecule has 0 unspecified atom stereocenters. The van der Waals surface area contributed by atoms with E-state index in [4.69, 9.17) is 30.0 Å². The van der Waals surface area contributed by atoms with Crippen molar-refractivity contribution in [3.63, 3.8) is 0 Å². The maximum Gasteiger partial charge on any atom is 0.503 e. The fourth-order valence-electron chi connectivity index (χ4n) is 6.01. The lowest BCUT2D eigenvalue weighted by atomic mass is 10.2. The van der Waals surface area contributed by atoms with Gasteiger partial charge in [0.25, 0.3) is 0 Å². The smallest absolute Gasteiger partial charge is 0.503 e. The van der Waals surface area contributed by atoms with Gasteiger partial charge >= 0.3 is 6.16 Å². The Morgan fingerprint density at radius 3 is 0.981 bits per heavy atom. The second kappa shape index (κ2) is 24.1. The first-order valence-corrected chi connectivity index (χ1v) is 20.9. The molecule has 6 nitrogen and oxygen atoms in total. The van der Waals surface area contributed by atoms with Crippen LogP contribution >= 0.6 is 15.2 Å². The molecule has 0 spiro atoms. The predicted octanol–water partition coefficient (Wildman–Crippen LogP) is 8.51. The van der Waals surface area contributed by atoms with Crippen LogP contribution in [0.2, 0.25) is 0 Å². The lowest BCUT2D eigenvalue weighted by molar-refractivity contribution is -0.275. The van der Waals surface area contributed by atoms with Crippen LogP contribution in [0.25, 0.3) is 0 Å². The van der Waals surface area contributed by atoms with Gasteiger partial charge in [-0.3, -0.25) is 0 Å². The summed E-state index contributed by atoms with van der Waals surface area (Å²) in [4.78, 5) is 17.0. The molecule has 3 N–H and O–H groups in total. The minimum Gasteiger partial charge on any atom is -0.565 e. The van der Waals surface area contributed by atoms with Crippen molar-refractivity contribution in [2.75, 3.05) is 6.16 Å². The highest BCUT2D eigenvalue weighted by Gasteiger charge is 2.44. The highest BCUT2D eigenvalue weighted by molar-refractivity contribution is 7.95. The molecule has 0 heterocycles. The largest absolute Gasteiger partial charge is 0.565 e. The molecule has 274 valence electrons. The molecular weight excluding hydrogens is 698 g/mol. The van der Waals surface area contributed by atoms with Crippen molar-refractivity contribution in [3.05, 3.63) is 182 Å². The Hall–Kier alpha value is -5.28. The molecule has 0 fully saturated rings. The molecule has 53 heavy (non-hydrogen) atoms. The first kappa shape index (κ1) is 42.1. The van der Waals surface area contributed by atoms with E-state index in [1.165, 1.54) is 70.1 Å². The van der Waals surface area contributed by atoms with Crippen LogP contribution in [0.3, 0.4) is 0 Å². The molecule has 0 radical (unpaired) electrons. The van der Waals surface area contributed by atoms with Gasteiger partial charge in [-0.25, -0.2) is 4.79 Å². The van der Waals surface area contributed by atoms with Gasteiger partial charge < -0.3 is 25.2 Å². The SMILES string of the molecule is CCCCCCC[P+](c1ccccc1)(c1ccccc1)c1ccccc1.O=C(O)O.O=C([O-])O.c1ccc(P(c2ccccc2)c2ccccc2)cc1. The van der Waals surface area contributed by atoms with Crippen molar-refractivity contribution in [1.82, 2.24) is 0 Å². The van der Waals surface area contributed by atoms with Crippen LogP contribution in [0.1, 0.15) is 39.0 Å². The molecule has 0 aliphatic carbocycles. The minimum atomic E-state index is -2.08. The number of hydrogen-bond acceptors (Lipinski definition) is 3. The van der Waals surface area contributed by atoms with E-state index < -0.39 is 27.5 Å². The van der Waals surface area contributed by atoms with Crippen molar-refractivity contribution < 1.29 is 30.0 Å². The normalized spacial score (nSPS) is 10.3. The zero-order valence-electron chi connectivity index (χ0n) is 30.0. The summed E-state index contributed by atoms with van der Waals surface area (Å²) in [5, 5.41) is 38.0. The van der Waals surface area contributed by atoms with E-state index in [9.17, 15) is 0 Å². The van der Waals surface area contributed by atoms with Gasteiger partial charge in [0.05, 0.1) is 6.16 Å². The fraction of sp³-hybridized carbons (Fsp3) is 0.156. The molecule has 6 aromatic carbocycles. The third kappa shape index (κ3) is 14.3. The highest BCUT2D eigenvalue weighted by atomic mass is 31.2. The zero-order valence-corrected chi connectivity index (χ0v) is 31.8. The maximum atomic E-state index is 8.56.